The summed E-state index contributed by atoms with van der Waals surface area (Å²) < 4.78 is 46.9. The second-order valence-corrected chi connectivity index (χ2v) is 18.6. The van der Waals surface area contributed by atoms with Crippen LogP contribution in [0.5, 0.6) is 0 Å². The first-order chi connectivity index (χ1) is 29.9. The molecule has 0 spiro atoms. The van der Waals surface area contributed by atoms with E-state index in [1.165, 1.54) is 46.3 Å². The predicted molar refractivity (Wildman–Crippen MR) is 228 cm³/mol. The summed E-state index contributed by atoms with van der Waals surface area (Å²) in [4.78, 5) is 64.8. The lowest BCUT2D eigenvalue weighted by Gasteiger charge is -2.54. The minimum absolute atomic E-state index is 0.00442. The lowest BCUT2D eigenvalue weighted by Crippen LogP contribution is -2.64. The van der Waals surface area contributed by atoms with Crippen LogP contribution in [-0.4, -0.2) is 131 Å². The number of rotatable bonds is 10. The van der Waals surface area contributed by atoms with Crippen molar-refractivity contribution in [1.29, 1.82) is 0 Å². The molecule has 6 bridgehead atoms. The zero-order valence-electron chi connectivity index (χ0n) is 38.7. The lowest BCUT2D eigenvalue weighted by atomic mass is 9.70. The van der Waals surface area contributed by atoms with Crippen molar-refractivity contribution in [2.45, 2.75) is 186 Å². The van der Waals surface area contributed by atoms with E-state index in [9.17, 15) is 44.4 Å². The van der Waals surface area contributed by atoms with E-state index in [2.05, 4.69) is 0 Å². The van der Waals surface area contributed by atoms with Crippen molar-refractivity contribution in [1.82, 2.24) is 0 Å². The van der Waals surface area contributed by atoms with Crippen LogP contribution in [0.1, 0.15) is 119 Å². The Morgan fingerprint density at radius 3 is 2.25 bits per heavy atom. The maximum Gasteiger partial charge on any atom is 0.331 e. The molecule has 3 fully saturated rings. The smallest absolute Gasteiger partial charge is 0.331 e. The summed E-state index contributed by atoms with van der Waals surface area (Å²) in [6.45, 7) is 11.3. The van der Waals surface area contributed by atoms with Crippen molar-refractivity contribution in [3.63, 3.8) is 0 Å². The normalized spacial score (nSPS) is 36.3. The van der Waals surface area contributed by atoms with Gasteiger partial charge >= 0.3 is 29.8 Å². The Morgan fingerprint density at radius 1 is 0.906 bits per heavy atom. The zero-order valence-corrected chi connectivity index (χ0v) is 38.7. The summed E-state index contributed by atoms with van der Waals surface area (Å²) in [6.07, 6.45) is 1.82. The SMILES string of the molecule is CCC/C=C/C=C/C(=O)O[C@H]1C(CC(=O)OC)C[C@H]2C[C@H]([C@@H](C)O)OC(=O)C[C@H](O)CC3C[C@H](OC(C)=O)C(C)(C)[C@](O)(C[C@@H]4C/C(=C/C(=O)OC)C[C@H](/C=C/C(C)(C)[C@]1(O)O2)O4)O3. The Kier molecular flexibility index (Phi) is 18.5. The van der Waals surface area contributed by atoms with Crippen LogP contribution in [0.2, 0.25) is 0 Å². The lowest BCUT2D eigenvalue weighted by molar-refractivity contribution is -0.352. The number of ether oxygens (including phenoxy) is 8. The minimum Gasteiger partial charge on any atom is -0.469 e. The van der Waals surface area contributed by atoms with E-state index in [-0.39, 0.29) is 51.4 Å². The number of methoxy groups -OCH3 is 2. The molecule has 2 unspecified atom stereocenters. The summed E-state index contributed by atoms with van der Waals surface area (Å²) in [5.41, 5.74) is -2.11. The van der Waals surface area contributed by atoms with Crippen molar-refractivity contribution >= 4 is 29.8 Å². The van der Waals surface area contributed by atoms with Crippen molar-refractivity contribution in [2.24, 2.45) is 16.7 Å². The molecule has 4 heterocycles. The van der Waals surface area contributed by atoms with Gasteiger partial charge in [0.15, 0.2) is 11.9 Å². The Hall–Kier alpha value is -3.97. The van der Waals surface area contributed by atoms with Gasteiger partial charge < -0.3 is 58.3 Å². The fourth-order valence-corrected chi connectivity index (χ4v) is 8.96. The van der Waals surface area contributed by atoms with Crippen LogP contribution >= 0.6 is 0 Å². The molecule has 0 radical (unpaired) electrons. The van der Waals surface area contributed by atoms with Crippen LogP contribution in [0.25, 0.3) is 0 Å². The fraction of sp³-hybridized carbons (Fsp3) is 0.723. The topological polar surface area (TPSA) is 240 Å². The Morgan fingerprint density at radius 2 is 1.61 bits per heavy atom. The van der Waals surface area contributed by atoms with Crippen LogP contribution in [-0.2, 0) is 61.9 Å². The van der Waals surface area contributed by atoms with Gasteiger partial charge in [-0.1, -0.05) is 77.0 Å². The van der Waals surface area contributed by atoms with E-state index in [1.54, 1.807) is 45.9 Å². The number of unbranched alkanes of at least 4 members (excludes halogenated alkanes) is 1. The molecule has 3 saturated heterocycles. The van der Waals surface area contributed by atoms with Crippen LogP contribution in [0, 0.1) is 16.7 Å². The number of carbonyl (C=O) groups excluding carboxylic acids is 5. The van der Waals surface area contributed by atoms with E-state index >= 15 is 0 Å². The highest BCUT2D eigenvalue weighted by Gasteiger charge is 2.60. The van der Waals surface area contributed by atoms with Crippen molar-refractivity contribution < 1.29 is 82.3 Å². The number of carbonyl (C=O) groups is 5. The Balaban J connectivity index is 1.87. The molecule has 0 aromatic rings. The number of cyclic esters (lactones) is 1. The number of allylic oxidation sites excluding steroid dienone is 3. The third-order valence-corrected chi connectivity index (χ3v) is 12.8. The molecule has 4 N–H and O–H groups in total. The second-order valence-electron chi connectivity index (χ2n) is 18.6. The van der Waals surface area contributed by atoms with Gasteiger partial charge in [-0.05, 0) is 32.6 Å². The minimum atomic E-state index is -2.40. The maximum atomic E-state index is 13.5. The highest BCUT2D eigenvalue weighted by Crippen LogP contribution is 2.50. The molecule has 0 saturated carbocycles. The van der Waals surface area contributed by atoms with E-state index in [4.69, 9.17) is 37.9 Å². The van der Waals surface area contributed by atoms with E-state index in [0.29, 0.717) is 5.57 Å². The van der Waals surface area contributed by atoms with Gasteiger partial charge in [0.05, 0.1) is 69.1 Å². The standard InChI is InChI=1S/C47H70O17/c1-10-11-12-13-14-15-39(51)62-43-31(22-41(53)58-9)21-34-25-37(28(2)48)61-42(54)24-32(50)23-35-26-38(59-29(3)49)45(6,7)46(55,63-35)27-36-19-30(20-40(52)57-8)18-33(60-36)16-17-44(4,5)47(43,56)64-34/h12-17,20,28,31-38,43,48,50,55-56H,10-11,18-19,21-27H2,1-9H3/b13-12+,15-14+,17-16+,30-20+/t28-,31?,32-,33+,34+,35?,36+,37-,38+,43+,46+,47-/m1/s1. The molecule has 4 aliphatic rings. The van der Waals surface area contributed by atoms with Gasteiger partial charge in [-0.2, -0.15) is 0 Å². The molecule has 0 amide bonds. The van der Waals surface area contributed by atoms with E-state index in [0.717, 1.165) is 12.8 Å². The molecule has 17 nitrogen and oxygen atoms in total. The van der Waals surface area contributed by atoms with Crippen LogP contribution in [0.4, 0.5) is 0 Å². The van der Waals surface area contributed by atoms with Crippen LogP contribution < -0.4 is 0 Å². The molecule has 360 valence electrons. The summed E-state index contributed by atoms with van der Waals surface area (Å²) in [5, 5.41) is 47.6. The van der Waals surface area contributed by atoms with Crippen molar-refractivity contribution in [3.05, 3.63) is 48.1 Å². The average molecular weight is 907 g/mol. The van der Waals surface area contributed by atoms with Gasteiger partial charge in [-0.25, -0.2) is 9.59 Å². The summed E-state index contributed by atoms with van der Waals surface area (Å²) in [5.74, 6) is -8.92. The molecule has 0 aromatic carbocycles. The van der Waals surface area contributed by atoms with Gasteiger partial charge in [-0.15, -0.1) is 0 Å². The van der Waals surface area contributed by atoms with E-state index in [1.807, 2.05) is 13.0 Å². The molecule has 64 heavy (non-hydrogen) atoms. The monoisotopic (exact) mass is 906 g/mol. The molecule has 17 heteroatoms. The third-order valence-electron chi connectivity index (χ3n) is 12.8. The van der Waals surface area contributed by atoms with Gasteiger partial charge in [0.25, 0.3) is 0 Å². The first kappa shape index (κ1) is 52.7. The quantitative estimate of drug-likeness (QED) is 0.0783. The maximum absolute atomic E-state index is 13.5. The van der Waals surface area contributed by atoms with Gasteiger partial charge in [-0.3, -0.25) is 14.4 Å². The van der Waals surface area contributed by atoms with Gasteiger partial charge in [0, 0.05) is 56.1 Å². The van der Waals surface area contributed by atoms with Crippen molar-refractivity contribution in [2.75, 3.05) is 14.2 Å². The first-order valence-electron chi connectivity index (χ1n) is 22.2. The third kappa shape index (κ3) is 13.5. The first-order valence-corrected chi connectivity index (χ1v) is 22.2. The highest BCUT2D eigenvalue weighted by atomic mass is 16.7. The number of aliphatic hydroxyl groups excluding tert-OH is 2. The molecule has 0 aromatic heterocycles. The Labute approximate surface area is 376 Å². The molecule has 0 aliphatic carbocycles. The van der Waals surface area contributed by atoms with Crippen molar-refractivity contribution in [3.8, 4) is 0 Å². The summed E-state index contributed by atoms with van der Waals surface area (Å²) >= 11 is 0. The average Bonchev–Trinajstić information content (AvgIpc) is 3.19. The number of aliphatic hydroxyl groups is 4. The Bertz CT molecular complexity index is 1760. The highest BCUT2D eigenvalue weighted by molar-refractivity contribution is 5.83. The number of esters is 5. The second kappa shape index (κ2) is 22.5. The molecular weight excluding hydrogens is 836 g/mol. The van der Waals surface area contributed by atoms with Crippen LogP contribution in [0.15, 0.2) is 48.1 Å². The van der Waals surface area contributed by atoms with E-state index < -0.39 is 120 Å². The number of hydrogen-bond acceptors (Lipinski definition) is 17. The largest absolute Gasteiger partial charge is 0.469 e. The van der Waals surface area contributed by atoms with Gasteiger partial charge in [0.1, 0.15) is 12.2 Å². The zero-order chi connectivity index (χ0) is 47.6. The summed E-state index contributed by atoms with van der Waals surface area (Å²) in [7, 11) is 2.45. The molecule has 4 rings (SSSR count). The number of fused-ring (bicyclic) bond motifs is 6. The molecular formula is C47H70O17. The number of hydrogen-bond donors (Lipinski definition) is 4. The predicted octanol–water partition coefficient (Wildman–Crippen LogP) is 4.36. The van der Waals surface area contributed by atoms with Crippen LogP contribution in [0.3, 0.4) is 0 Å². The van der Waals surface area contributed by atoms with Gasteiger partial charge in [0.2, 0.25) is 5.79 Å². The summed E-state index contributed by atoms with van der Waals surface area (Å²) in [6, 6.07) is 0. The molecule has 4 aliphatic heterocycles. The molecule has 12 atom stereocenters. The fourth-order valence-electron chi connectivity index (χ4n) is 8.96.